The van der Waals surface area contributed by atoms with Crippen molar-refractivity contribution in [2.45, 2.75) is 34.1 Å². The maximum absolute atomic E-state index is 8.65. The maximum Gasteiger partial charge on any atom is 0.488 e. The monoisotopic (exact) mass is 1140 g/mol. The van der Waals surface area contributed by atoms with E-state index in [9.17, 15) is 0 Å². The minimum Gasteiger partial charge on any atom is -0.497 e. The van der Waals surface area contributed by atoms with Gasteiger partial charge in [-0.2, -0.15) is 29.9 Å². The van der Waals surface area contributed by atoms with E-state index in [-0.39, 0.29) is 37.2 Å². The molecule has 0 bridgehead atoms. The summed E-state index contributed by atoms with van der Waals surface area (Å²) >= 11 is 16.9. The minimum atomic E-state index is -1.43. The van der Waals surface area contributed by atoms with Gasteiger partial charge in [0.25, 0.3) is 0 Å². The molecule has 10 N–H and O–H groups in total. The minimum absolute atomic E-state index is 0. The highest BCUT2D eigenvalue weighted by Gasteiger charge is 2.10. The van der Waals surface area contributed by atoms with Crippen LogP contribution in [0, 0.1) is 0 Å². The van der Waals surface area contributed by atoms with E-state index in [2.05, 4.69) is 57.4 Å². The van der Waals surface area contributed by atoms with Crippen LogP contribution in [0.5, 0.6) is 35.3 Å². The van der Waals surface area contributed by atoms with Gasteiger partial charge in [0.15, 0.2) is 0 Å². The second-order valence-electron chi connectivity index (χ2n) is 15.8. The van der Waals surface area contributed by atoms with Crippen molar-refractivity contribution in [2.75, 3.05) is 84.4 Å². The van der Waals surface area contributed by atoms with Crippen LogP contribution >= 0.6 is 34.8 Å². The van der Waals surface area contributed by atoms with Gasteiger partial charge in [0.2, 0.25) is 0 Å². The topological polar surface area (TPSA) is 275 Å². The fourth-order valence-corrected chi connectivity index (χ4v) is 7.01. The second-order valence-corrected chi connectivity index (χ2v) is 17.0. The van der Waals surface area contributed by atoms with Crippen LogP contribution in [0.1, 0.15) is 31.5 Å². The summed E-state index contributed by atoms with van der Waals surface area (Å²) in [6, 6.07) is 43.7. The number of nitrogens with zero attached hydrogens (tertiary/aromatic N) is 6. The van der Waals surface area contributed by atoms with Gasteiger partial charge in [0, 0.05) is 48.2 Å². The molecule has 0 aliphatic rings. The Labute approximate surface area is 478 Å². The van der Waals surface area contributed by atoms with E-state index in [1.165, 1.54) is 43.0 Å². The Balaban J connectivity index is 0.000000356. The van der Waals surface area contributed by atoms with Crippen LogP contribution in [0.15, 0.2) is 140 Å². The lowest BCUT2D eigenvalue weighted by atomic mass is 9.80. The second kappa shape index (κ2) is 37.1. The fraction of sp³-hybridized carbons (Fsp3) is 0.250. The Morgan fingerprint density at radius 3 is 1.24 bits per heavy atom. The number of nitrogens with two attached hydrogens (primary N) is 3. The Kier molecular flexibility index (Phi) is 31.6. The maximum atomic E-state index is 8.65. The highest BCUT2D eigenvalue weighted by Crippen LogP contribution is 2.24. The number of ether oxygens (including phenoxy) is 6. The zero-order valence-electron chi connectivity index (χ0n) is 43.5. The molecule has 0 fully saturated rings. The number of aromatic nitrogens is 6. The molecule has 3 heterocycles. The number of hydrogen-bond donors (Lipinski definition) is 7. The number of anilines is 4. The predicted molar refractivity (Wildman–Crippen MR) is 321 cm³/mol. The van der Waals surface area contributed by atoms with Crippen molar-refractivity contribution in [3.63, 3.8) is 0 Å². The summed E-state index contributed by atoms with van der Waals surface area (Å²) in [4.78, 5) is 24.2. The van der Waals surface area contributed by atoms with Gasteiger partial charge in [-0.15, -0.1) is 0 Å². The normalized spacial score (nSPS) is 9.72. The Morgan fingerprint density at radius 1 is 0.456 bits per heavy atom. The van der Waals surface area contributed by atoms with E-state index in [0.717, 1.165) is 60.9 Å². The van der Waals surface area contributed by atoms with Crippen molar-refractivity contribution in [1.29, 1.82) is 0 Å². The first-order valence-electron chi connectivity index (χ1n) is 23.6. The fourth-order valence-electron chi connectivity index (χ4n) is 6.43. The zero-order chi connectivity index (χ0) is 56.0. The molecule has 3 aromatic heterocycles. The molecule has 0 aliphatic heterocycles. The van der Waals surface area contributed by atoms with Crippen molar-refractivity contribution in [3.05, 3.63) is 172 Å². The van der Waals surface area contributed by atoms with Crippen LogP contribution in [0.4, 0.5) is 23.0 Å². The van der Waals surface area contributed by atoms with Gasteiger partial charge < -0.3 is 66.3 Å². The smallest absolute Gasteiger partial charge is 0.488 e. The molecule has 0 saturated carbocycles. The third kappa shape index (κ3) is 25.5. The van der Waals surface area contributed by atoms with Gasteiger partial charge in [-0.3, -0.25) is 0 Å². The molecule has 0 amide bonds. The molecular formula is C56H71BCl3N11O8. The standard InChI is InChI=1S/C20H22N4O2.C14H16ClN3O2.C9H13NO.C6H8BNO2.C5H4Cl2N2O.2CH4/c1-25-17-8-6-14(7-9-17)10-11-22-19-13-18(23-20(24-19)26-2)15-4-3-5-16(21)12-15;1-19-11-5-3-10(4-6-11)7-8-16-13-9-12(15)17-14(18-13)20-2;1-11-9-4-2-8(3-5-9)6-7-10;8-6-3-1-2-5(4-6)7(9)10;1-10-5-8-3(6)2-4(7)9-5;;/h3-9,12-13H,10-11,21H2,1-2H3,(H,22,23,24);3-6,9H,7-8H2,1-2H3,(H,16,17,18);2-5H,6-7,10H2,1H3;1-4,9-10H,8H2;2H,1H3;2*1H4. The van der Waals surface area contributed by atoms with Crippen LogP contribution in [0.2, 0.25) is 15.5 Å². The van der Waals surface area contributed by atoms with Crippen molar-refractivity contribution >= 4 is 70.4 Å². The van der Waals surface area contributed by atoms with E-state index >= 15 is 0 Å². The number of benzene rings is 5. The molecule has 79 heavy (non-hydrogen) atoms. The van der Waals surface area contributed by atoms with Crippen molar-refractivity contribution < 1.29 is 38.5 Å². The number of halogens is 3. The molecule has 8 rings (SSSR count). The molecule has 0 atom stereocenters. The largest absolute Gasteiger partial charge is 0.497 e. The number of nitrogen functional groups attached to an aromatic ring is 2. The third-order valence-electron chi connectivity index (χ3n) is 10.3. The van der Waals surface area contributed by atoms with Gasteiger partial charge in [0.05, 0.1) is 48.4 Å². The molecule has 8 aromatic rings. The van der Waals surface area contributed by atoms with E-state index in [4.69, 9.17) is 85.7 Å². The first-order chi connectivity index (χ1) is 37.2. The molecule has 0 aliphatic carbocycles. The van der Waals surface area contributed by atoms with Gasteiger partial charge in [0.1, 0.15) is 44.3 Å². The lowest BCUT2D eigenvalue weighted by molar-refractivity contribution is 0.380. The summed E-state index contributed by atoms with van der Waals surface area (Å²) in [7, 11) is 8.06. The number of hydrogen-bond acceptors (Lipinski definition) is 19. The van der Waals surface area contributed by atoms with E-state index in [1.807, 2.05) is 91.0 Å². The molecule has 0 unspecified atom stereocenters. The van der Waals surface area contributed by atoms with Gasteiger partial charge in [-0.1, -0.05) is 110 Å². The summed E-state index contributed by atoms with van der Waals surface area (Å²) < 4.78 is 30.2. The third-order valence-corrected chi connectivity index (χ3v) is 10.9. The highest BCUT2D eigenvalue weighted by molar-refractivity contribution is 6.58. The van der Waals surface area contributed by atoms with Crippen molar-refractivity contribution in [1.82, 2.24) is 29.9 Å². The molecular weight excluding hydrogens is 1070 g/mol. The van der Waals surface area contributed by atoms with Crippen LogP contribution in [0.25, 0.3) is 11.3 Å². The van der Waals surface area contributed by atoms with Crippen LogP contribution in [0.3, 0.4) is 0 Å². The molecule has 5 aromatic carbocycles. The van der Waals surface area contributed by atoms with Crippen LogP contribution < -0.4 is 61.7 Å². The Hall–Kier alpha value is -7.85. The summed E-state index contributed by atoms with van der Waals surface area (Å²) in [6.07, 6.45) is 2.67. The zero-order valence-corrected chi connectivity index (χ0v) is 45.8. The van der Waals surface area contributed by atoms with E-state index < -0.39 is 7.12 Å². The Bertz CT molecular complexity index is 2960. The molecule has 23 heteroatoms. The summed E-state index contributed by atoms with van der Waals surface area (Å²) in [5.41, 5.74) is 23.7. The van der Waals surface area contributed by atoms with Gasteiger partial charge in [-0.25, -0.2) is 0 Å². The Morgan fingerprint density at radius 2 is 0.848 bits per heavy atom. The highest BCUT2D eigenvalue weighted by atomic mass is 35.5. The average Bonchev–Trinajstić information content (AvgIpc) is 3.44. The molecule has 0 spiro atoms. The average molecular weight is 1140 g/mol. The quantitative estimate of drug-likeness (QED) is 0.0239. The molecule has 0 saturated heterocycles. The van der Waals surface area contributed by atoms with E-state index in [0.29, 0.717) is 46.2 Å². The van der Waals surface area contributed by atoms with Crippen molar-refractivity contribution in [3.8, 4) is 46.5 Å². The van der Waals surface area contributed by atoms with Gasteiger partial charge in [-0.05, 0) is 109 Å². The number of rotatable bonds is 18. The van der Waals surface area contributed by atoms with Gasteiger partial charge >= 0.3 is 25.1 Å². The lowest BCUT2D eigenvalue weighted by Gasteiger charge is -2.10. The first kappa shape index (κ1) is 67.3. The number of methoxy groups -OCH3 is 6. The first-order valence-corrected chi connectivity index (χ1v) is 24.7. The summed E-state index contributed by atoms with van der Waals surface area (Å²) in [5, 5.41) is 24.7. The molecule has 422 valence electrons. The molecule has 0 radical (unpaired) electrons. The summed E-state index contributed by atoms with van der Waals surface area (Å²) in [6.45, 7) is 2.18. The van der Waals surface area contributed by atoms with Crippen molar-refractivity contribution in [2.24, 2.45) is 5.73 Å². The lowest BCUT2D eigenvalue weighted by Crippen LogP contribution is -2.29. The predicted octanol–water partition coefficient (Wildman–Crippen LogP) is 9.41. The summed E-state index contributed by atoms with van der Waals surface area (Å²) in [5.74, 6) is 3.96. The number of nitrogens with one attached hydrogen (secondary N) is 2. The van der Waals surface area contributed by atoms with Crippen LogP contribution in [-0.2, 0) is 19.3 Å². The molecule has 19 nitrogen and oxygen atoms in total. The van der Waals surface area contributed by atoms with E-state index in [1.54, 1.807) is 52.7 Å². The SMILES string of the molecule is C.C.COc1ccc(CCN)cc1.COc1ccc(CCNc2cc(-c3cccc(N)c3)nc(OC)n2)cc1.COc1ccc(CCNc2cc(Cl)nc(OC)n2)cc1.COc1nc(Cl)cc(Cl)n1.Nc1cccc(B(O)O)c1. The van der Waals surface area contributed by atoms with Crippen LogP contribution in [-0.4, -0.2) is 109 Å².